The van der Waals surface area contributed by atoms with Crippen LogP contribution in [0.3, 0.4) is 0 Å². The minimum Gasteiger partial charge on any atom is -0.382 e. The second-order valence-electron chi connectivity index (χ2n) is 8.85. The quantitative estimate of drug-likeness (QED) is 0.362. The van der Waals surface area contributed by atoms with Crippen molar-refractivity contribution in [2.45, 2.75) is 25.8 Å². The summed E-state index contributed by atoms with van der Waals surface area (Å²) < 4.78 is 20.9. The third-order valence-corrected chi connectivity index (χ3v) is 6.90. The largest absolute Gasteiger partial charge is 0.382 e. The van der Waals surface area contributed by atoms with Crippen LogP contribution < -0.4 is 20.4 Å². The topological polar surface area (TPSA) is 82.6 Å². The summed E-state index contributed by atoms with van der Waals surface area (Å²) in [5, 5.41) is 7.49. The number of hydrogen-bond acceptors (Lipinski definition) is 6. The molecule has 3 aromatic rings. The van der Waals surface area contributed by atoms with E-state index < -0.39 is 11.8 Å². The lowest BCUT2D eigenvalue weighted by Crippen LogP contribution is -2.41. The first-order valence-electron chi connectivity index (χ1n) is 12.2. The van der Waals surface area contributed by atoms with Crippen LogP contribution in [0, 0.1) is 5.82 Å². The van der Waals surface area contributed by atoms with E-state index in [1.165, 1.54) is 28.3 Å². The predicted octanol–water partition coefficient (Wildman–Crippen LogP) is 5.87. The summed E-state index contributed by atoms with van der Waals surface area (Å²) in [6.07, 6.45) is 4.98. The van der Waals surface area contributed by atoms with Crippen LogP contribution in [0.2, 0.25) is 10.0 Å². The Kier molecular flexibility index (Phi) is 7.76. The van der Waals surface area contributed by atoms with Gasteiger partial charge in [0.05, 0.1) is 22.6 Å². The summed E-state index contributed by atoms with van der Waals surface area (Å²) in [6.45, 7) is 5.00. The molecule has 2 N–H and O–H groups in total. The molecule has 11 heteroatoms. The second kappa shape index (κ2) is 11.2. The third-order valence-electron chi connectivity index (χ3n) is 6.46. The summed E-state index contributed by atoms with van der Waals surface area (Å²) in [7, 11) is 0. The highest BCUT2D eigenvalue weighted by atomic mass is 35.5. The number of carbonyl (C=O) groups excluding carboxylic acids is 1. The first kappa shape index (κ1) is 25.7. The van der Waals surface area contributed by atoms with Crippen LogP contribution in [0.25, 0.3) is 11.1 Å². The van der Waals surface area contributed by atoms with E-state index in [0.717, 1.165) is 32.6 Å². The van der Waals surface area contributed by atoms with Crippen molar-refractivity contribution in [3.63, 3.8) is 0 Å². The summed E-state index contributed by atoms with van der Waals surface area (Å²) in [6, 6.07) is 8.12. The minimum atomic E-state index is -0.644. The molecule has 2 aromatic heterocycles. The van der Waals surface area contributed by atoms with E-state index in [1.54, 1.807) is 24.3 Å². The first-order valence-corrected chi connectivity index (χ1v) is 13.0. The number of ether oxygens (including phenoxy) is 1. The fourth-order valence-corrected chi connectivity index (χ4v) is 4.97. The van der Waals surface area contributed by atoms with E-state index in [-0.39, 0.29) is 5.82 Å². The Morgan fingerprint density at radius 3 is 2.57 bits per heavy atom. The maximum absolute atomic E-state index is 15.5. The highest BCUT2D eigenvalue weighted by Crippen LogP contribution is 2.45. The van der Waals surface area contributed by atoms with Crippen molar-refractivity contribution < 1.29 is 13.9 Å². The number of nitrogens with zero attached hydrogens (tertiary/aromatic N) is 4. The lowest BCUT2D eigenvalue weighted by Gasteiger charge is -2.27. The Bertz CT molecular complexity index is 1300. The molecule has 0 radical (unpaired) electrons. The van der Waals surface area contributed by atoms with Crippen LogP contribution in [-0.2, 0) is 4.74 Å². The summed E-state index contributed by atoms with van der Waals surface area (Å²) in [5.41, 5.74) is 2.20. The highest BCUT2D eigenvalue weighted by molar-refractivity contribution is 6.32. The molecule has 1 saturated heterocycles. The maximum atomic E-state index is 15.5. The normalized spacial score (nSPS) is 15.8. The van der Waals surface area contributed by atoms with Gasteiger partial charge in [-0.1, -0.05) is 29.3 Å². The molecule has 2 aliphatic rings. The molecule has 0 unspecified atom stereocenters. The van der Waals surface area contributed by atoms with Gasteiger partial charge in [0.2, 0.25) is 0 Å². The molecule has 0 bridgehead atoms. The van der Waals surface area contributed by atoms with Crippen LogP contribution in [0.4, 0.5) is 32.2 Å². The Morgan fingerprint density at radius 2 is 1.81 bits per heavy atom. The van der Waals surface area contributed by atoms with Gasteiger partial charge in [-0.2, -0.15) is 0 Å². The van der Waals surface area contributed by atoms with E-state index >= 15 is 4.39 Å². The fourth-order valence-electron chi connectivity index (χ4n) is 4.64. The van der Waals surface area contributed by atoms with Gasteiger partial charge in [-0.15, -0.1) is 0 Å². The molecule has 5 rings (SSSR count). The number of nitrogens with one attached hydrogen (secondary N) is 2. The SMILES string of the molecule is CCN1C(=O)N(c2ncc(NCCNC3CCOCC3)cc2F)c2cc(Cl)ccc2-c2cc(Cl)cnc21. The molecule has 4 heterocycles. The molecular formula is C26H27Cl2FN6O2. The van der Waals surface area contributed by atoms with Crippen molar-refractivity contribution >= 4 is 52.2 Å². The first-order chi connectivity index (χ1) is 18.0. The molecule has 0 saturated carbocycles. The standard InChI is InChI=1S/C26H27Cl2FN6O2/c1-2-34-24-21(11-17(28)14-32-24)20-4-3-16(27)12-23(20)35(26(34)36)25-22(29)13-19(15-33-25)31-8-7-30-18-5-9-37-10-6-18/h3-4,11-15,18,30-31H,2,5-10H2,1H3. The maximum Gasteiger partial charge on any atom is 0.336 e. The number of rotatable bonds is 7. The van der Waals surface area contributed by atoms with Crippen molar-refractivity contribution in [2.75, 3.05) is 48.0 Å². The smallest absolute Gasteiger partial charge is 0.336 e. The predicted molar refractivity (Wildman–Crippen MR) is 145 cm³/mol. The van der Waals surface area contributed by atoms with Gasteiger partial charge in [0.15, 0.2) is 11.6 Å². The monoisotopic (exact) mass is 544 g/mol. The number of amides is 2. The number of hydrogen-bond donors (Lipinski definition) is 2. The zero-order valence-corrected chi connectivity index (χ0v) is 21.8. The van der Waals surface area contributed by atoms with Crippen molar-refractivity contribution in [2.24, 2.45) is 0 Å². The molecule has 2 aliphatic heterocycles. The van der Waals surface area contributed by atoms with Gasteiger partial charge in [-0.05, 0) is 38.0 Å². The van der Waals surface area contributed by atoms with Crippen molar-refractivity contribution in [1.82, 2.24) is 15.3 Å². The van der Waals surface area contributed by atoms with Gasteiger partial charge in [0.25, 0.3) is 0 Å². The fraction of sp³-hybridized carbons (Fsp3) is 0.346. The minimum absolute atomic E-state index is 0.128. The number of fused-ring (bicyclic) bond motifs is 3. The van der Waals surface area contributed by atoms with Gasteiger partial charge in [0.1, 0.15) is 5.82 Å². The Balaban J connectivity index is 1.44. The van der Waals surface area contributed by atoms with E-state index in [0.29, 0.717) is 57.5 Å². The number of benzene rings is 1. The molecule has 2 amide bonds. The van der Waals surface area contributed by atoms with Gasteiger partial charge < -0.3 is 15.4 Å². The Morgan fingerprint density at radius 1 is 1.03 bits per heavy atom. The van der Waals surface area contributed by atoms with Crippen LogP contribution in [0.15, 0.2) is 42.7 Å². The van der Waals surface area contributed by atoms with E-state index in [4.69, 9.17) is 27.9 Å². The Hall–Kier alpha value is -2.98. The average Bonchev–Trinajstić information content (AvgIpc) is 2.99. The van der Waals surface area contributed by atoms with Crippen molar-refractivity contribution in [3.8, 4) is 11.1 Å². The molecule has 194 valence electrons. The zero-order valence-electron chi connectivity index (χ0n) is 20.3. The lowest BCUT2D eigenvalue weighted by molar-refractivity contribution is 0.0784. The molecule has 37 heavy (non-hydrogen) atoms. The molecule has 0 atom stereocenters. The second-order valence-corrected chi connectivity index (χ2v) is 9.72. The van der Waals surface area contributed by atoms with Gasteiger partial charge >= 0.3 is 6.03 Å². The molecule has 1 fully saturated rings. The molecule has 0 aliphatic carbocycles. The number of pyridine rings is 2. The van der Waals surface area contributed by atoms with Crippen LogP contribution >= 0.6 is 23.2 Å². The number of urea groups is 1. The summed E-state index contributed by atoms with van der Waals surface area (Å²) in [5.74, 6) is -0.342. The van der Waals surface area contributed by atoms with E-state index in [1.807, 2.05) is 6.92 Å². The zero-order chi connectivity index (χ0) is 25.9. The third kappa shape index (κ3) is 5.36. The summed E-state index contributed by atoms with van der Waals surface area (Å²) >= 11 is 12.6. The highest BCUT2D eigenvalue weighted by Gasteiger charge is 2.35. The number of anilines is 4. The van der Waals surface area contributed by atoms with E-state index in [9.17, 15) is 4.79 Å². The van der Waals surface area contributed by atoms with Crippen LogP contribution in [0.1, 0.15) is 19.8 Å². The number of aromatic nitrogens is 2. The molecule has 0 spiro atoms. The average molecular weight is 545 g/mol. The number of carbonyl (C=O) groups is 1. The molecule has 8 nitrogen and oxygen atoms in total. The van der Waals surface area contributed by atoms with Crippen LogP contribution in [-0.4, -0.2) is 54.9 Å². The molecule has 1 aromatic carbocycles. The van der Waals surface area contributed by atoms with Crippen molar-refractivity contribution in [1.29, 1.82) is 0 Å². The van der Waals surface area contributed by atoms with Crippen LogP contribution in [0.5, 0.6) is 0 Å². The van der Waals surface area contributed by atoms with Gasteiger partial charge in [-0.25, -0.2) is 24.1 Å². The summed E-state index contributed by atoms with van der Waals surface area (Å²) in [4.78, 5) is 25.3. The van der Waals surface area contributed by atoms with E-state index in [2.05, 4.69) is 20.6 Å². The molecular weight excluding hydrogens is 518 g/mol. The van der Waals surface area contributed by atoms with Gasteiger partial charge in [-0.3, -0.25) is 4.90 Å². The lowest BCUT2D eigenvalue weighted by atomic mass is 10.0. The van der Waals surface area contributed by atoms with Gasteiger partial charge in [0, 0.05) is 67.3 Å². The van der Waals surface area contributed by atoms with Crippen molar-refractivity contribution in [3.05, 3.63) is 58.6 Å². The number of halogens is 3. The Labute approximate surface area is 224 Å².